The largest absolute Gasteiger partial charge is 0.462 e. The minimum Gasteiger partial charge on any atom is -0.462 e. The van der Waals surface area contributed by atoms with Gasteiger partial charge in [-0.15, -0.1) is 0 Å². The summed E-state index contributed by atoms with van der Waals surface area (Å²) in [5.41, 5.74) is 0. The molecule has 6 heteroatoms. The smallest absolute Gasteiger partial charge is 0.306 e. The molecule has 82 heavy (non-hydrogen) atoms. The van der Waals surface area contributed by atoms with Crippen molar-refractivity contribution in [3.63, 3.8) is 0 Å². The Balaban J connectivity index is 4.27. The Kier molecular flexibility index (Phi) is 69.1. The van der Waals surface area contributed by atoms with E-state index in [0.717, 1.165) is 83.5 Å². The molecule has 0 amide bonds. The number of carbonyl (C=O) groups excluding carboxylic acids is 3. The van der Waals surface area contributed by atoms with Crippen molar-refractivity contribution in [3.05, 3.63) is 36.5 Å². The van der Waals surface area contributed by atoms with Gasteiger partial charge >= 0.3 is 17.9 Å². The van der Waals surface area contributed by atoms with E-state index < -0.39 is 6.10 Å². The minimum atomic E-state index is -0.775. The van der Waals surface area contributed by atoms with Crippen molar-refractivity contribution in [3.8, 4) is 0 Å². The van der Waals surface area contributed by atoms with E-state index in [9.17, 15) is 14.4 Å². The van der Waals surface area contributed by atoms with Gasteiger partial charge in [-0.3, -0.25) is 14.4 Å². The fourth-order valence-corrected chi connectivity index (χ4v) is 11.4. The van der Waals surface area contributed by atoms with Gasteiger partial charge in [0.1, 0.15) is 13.2 Å². The Hall–Kier alpha value is -2.37. The van der Waals surface area contributed by atoms with Gasteiger partial charge in [-0.25, -0.2) is 0 Å². The Morgan fingerprint density at radius 3 is 0.744 bits per heavy atom. The molecular weight excluding hydrogens is 1010 g/mol. The normalized spacial score (nSPS) is 12.2. The van der Waals surface area contributed by atoms with Crippen LogP contribution in [-0.4, -0.2) is 37.2 Å². The first-order valence-electron chi connectivity index (χ1n) is 37.0. The first-order valence-corrected chi connectivity index (χ1v) is 37.0. The molecule has 0 saturated heterocycles. The predicted octanol–water partition coefficient (Wildman–Crippen LogP) is 25.5. The van der Waals surface area contributed by atoms with Gasteiger partial charge in [0.15, 0.2) is 6.10 Å². The monoisotopic (exact) mass is 1150 g/mol. The van der Waals surface area contributed by atoms with Gasteiger partial charge in [-0.1, -0.05) is 378 Å². The molecule has 0 aromatic rings. The molecule has 0 fully saturated rings. The fraction of sp³-hybridized carbons (Fsp3) is 0.882. The van der Waals surface area contributed by atoms with E-state index in [-0.39, 0.29) is 31.1 Å². The van der Waals surface area contributed by atoms with Gasteiger partial charge in [0.2, 0.25) is 0 Å². The molecule has 0 aromatic carbocycles. The number of esters is 3. The van der Waals surface area contributed by atoms with Gasteiger partial charge in [0, 0.05) is 19.3 Å². The van der Waals surface area contributed by atoms with Crippen LogP contribution in [0.1, 0.15) is 412 Å². The maximum atomic E-state index is 13.0. The second kappa shape index (κ2) is 71.1. The van der Waals surface area contributed by atoms with E-state index in [2.05, 4.69) is 57.2 Å². The summed E-state index contributed by atoms with van der Waals surface area (Å²) < 4.78 is 17.0. The van der Waals surface area contributed by atoms with Crippen molar-refractivity contribution >= 4 is 17.9 Å². The third-order valence-electron chi connectivity index (χ3n) is 16.9. The van der Waals surface area contributed by atoms with Crippen molar-refractivity contribution in [1.82, 2.24) is 0 Å². The van der Waals surface area contributed by atoms with Crippen LogP contribution in [0.5, 0.6) is 0 Å². The summed E-state index contributed by atoms with van der Waals surface area (Å²) in [6, 6.07) is 0. The summed E-state index contributed by atoms with van der Waals surface area (Å²) in [5, 5.41) is 0. The molecule has 1 unspecified atom stereocenters. The van der Waals surface area contributed by atoms with E-state index in [1.165, 1.54) is 289 Å². The van der Waals surface area contributed by atoms with Crippen LogP contribution in [0, 0.1) is 0 Å². The van der Waals surface area contributed by atoms with Crippen molar-refractivity contribution in [1.29, 1.82) is 0 Å². The molecule has 0 heterocycles. The van der Waals surface area contributed by atoms with E-state index >= 15 is 0 Å². The van der Waals surface area contributed by atoms with Gasteiger partial charge in [-0.2, -0.15) is 0 Å². The Bertz CT molecular complexity index is 1370. The van der Waals surface area contributed by atoms with Crippen LogP contribution in [-0.2, 0) is 28.6 Å². The molecule has 482 valence electrons. The first kappa shape index (κ1) is 79.6. The molecule has 6 nitrogen and oxygen atoms in total. The van der Waals surface area contributed by atoms with Crippen LogP contribution >= 0.6 is 0 Å². The quantitative estimate of drug-likeness (QED) is 0.0261. The summed E-state index contributed by atoms with van der Waals surface area (Å²) in [7, 11) is 0. The summed E-state index contributed by atoms with van der Waals surface area (Å²) in [6.07, 6.45) is 89.0. The molecule has 0 bridgehead atoms. The average molecular weight is 1150 g/mol. The van der Waals surface area contributed by atoms with Gasteiger partial charge in [0.05, 0.1) is 0 Å². The van der Waals surface area contributed by atoms with Crippen LogP contribution in [0.3, 0.4) is 0 Å². The minimum absolute atomic E-state index is 0.0690. The topological polar surface area (TPSA) is 78.9 Å². The van der Waals surface area contributed by atoms with E-state index in [0.29, 0.717) is 19.3 Å². The Morgan fingerprint density at radius 1 is 0.256 bits per heavy atom. The molecular formula is C76H142O6. The Labute approximate surface area is 512 Å². The lowest BCUT2D eigenvalue weighted by Gasteiger charge is -2.18. The van der Waals surface area contributed by atoms with Crippen molar-refractivity contribution in [2.45, 2.75) is 419 Å². The lowest BCUT2D eigenvalue weighted by Crippen LogP contribution is -2.30. The second-order valence-corrected chi connectivity index (χ2v) is 25.2. The molecule has 0 rings (SSSR count). The zero-order chi connectivity index (χ0) is 59.2. The predicted molar refractivity (Wildman–Crippen MR) is 358 cm³/mol. The molecule has 0 N–H and O–H groups in total. The molecule has 0 radical (unpaired) electrons. The second-order valence-electron chi connectivity index (χ2n) is 25.2. The third-order valence-corrected chi connectivity index (χ3v) is 16.9. The third kappa shape index (κ3) is 68.4. The summed E-state index contributed by atoms with van der Waals surface area (Å²) in [5.74, 6) is -0.845. The fourth-order valence-electron chi connectivity index (χ4n) is 11.4. The summed E-state index contributed by atoms with van der Waals surface area (Å²) in [4.78, 5) is 38.5. The highest BCUT2D eigenvalue weighted by Gasteiger charge is 2.20. The zero-order valence-electron chi connectivity index (χ0n) is 55.5. The summed E-state index contributed by atoms with van der Waals surface area (Å²) in [6.45, 7) is 6.62. The highest BCUT2D eigenvalue weighted by Crippen LogP contribution is 2.19. The highest BCUT2D eigenvalue weighted by molar-refractivity contribution is 5.71. The van der Waals surface area contributed by atoms with Crippen LogP contribution in [0.2, 0.25) is 0 Å². The number of rotatable bonds is 69. The van der Waals surface area contributed by atoms with Crippen LogP contribution in [0.4, 0.5) is 0 Å². The van der Waals surface area contributed by atoms with E-state index in [1.807, 2.05) is 0 Å². The van der Waals surface area contributed by atoms with Gasteiger partial charge in [0.25, 0.3) is 0 Å². The lowest BCUT2D eigenvalue weighted by atomic mass is 10.0. The molecule has 0 aliphatic rings. The number of unbranched alkanes of at least 4 members (excludes halogenated alkanes) is 52. The van der Waals surface area contributed by atoms with Gasteiger partial charge < -0.3 is 14.2 Å². The lowest BCUT2D eigenvalue weighted by molar-refractivity contribution is -0.167. The molecule has 0 aromatic heterocycles. The van der Waals surface area contributed by atoms with Crippen molar-refractivity contribution < 1.29 is 28.6 Å². The van der Waals surface area contributed by atoms with Crippen molar-refractivity contribution in [2.75, 3.05) is 13.2 Å². The number of hydrogen-bond donors (Lipinski definition) is 0. The van der Waals surface area contributed by atoms with Crippen LogP contribution in [0.25, 0.3) is 0 Å². The Morgan fingerprint density at radius 2 is 0.476 bits per heavy atom. The number of carbonyl (C=O) groups is 3. The van der Waals surface area contributed by atoms with Crippen molar-refractivity contribution in [2.24, 2.45) is 0 Å². The molecule has 0 aliphatic heterocycles. The zero-order valence-corrected chi connectivity index (χ0v) is 55.5. The first-order chi connectivity index (χ1) is 40.5. The molecule has 0 aliphatic carbocycles. The molecule has 1 atom stereocenters. The standard InChI is InChI=1S/C76H142O6/c1-4-7-10-13-16-19-22-25-28-31-33-35-37-39-40-42-45-48-51-54-57-60-63-66-69-75(78)81-72-73(71-80-74(77)68-65-62-59-56-53-50-47-44-30-27-24-21-18-15-12-9-6-3)82-76(79)70-67-64-61-58-55-52-49-46-43-41-38-36-34-32-29-26-23-20-17-14-11-8-5-2/h9,12,18,21,27,30,73H,4-8,10-11,13-17,19-20,22-26,28-29,31-72H2,1-3H3/b12-9-,21-18-,30-27-. The van der Waals surface area contributed by atoms with Crippen LogP contribution in [0.15, 0.2) is 36.5 Å². The molecule has 0 spiro atoms. The number of allylic oxidation sites excluding steroid dienone is 6. The van der Waals surface area contributed by atoms with Gasteiger partial charge in [-0.05, 0) is 51.4 Å². The number of hydrogen-bond acceptors (Lipinski definition) is 6. The maximum absolute atomic E-state index is 13.0. The van der Waals surface area contributed by atoms with E-state index in [4.69, 9.17) is 14.2 Å². The number of ether oxygens (including phenoxy) is 3. The maximum Gasteiger partial charge on any atom is 0.306 e. The van der Waals surface area contributed by atoms with E-state index in [1.54, 1.807) is 0 Å². The summed E-state index contributed by atoms with van der Waals surface area (Å²) >= 11 is 0. The SMILES string of the molecule is CC/C=C\C/C=C\C/C=C\CCCCCCCCCC(=O)OCC(COC(=O)CCCCCCCCCCCCCCCCCCCCCCCCCC)OC(=O)CCCCCCCCCCCCCCCCCCCCCCCCC. The molecule has 0 saturated carbocycles. The highest BCUT2D eigenvalue weighted by atomic mass is 16.6. The van der Waals surface area contributed by atoms with Crippen LogP contribution < -0.4 is 0 Å². The average Bonchev–Trinajstić information content (AvgIpc) is 3.47.